The van der Waals surface area contributed by atoms with Crippen molar-refractivity contribution in [2.45, 2.75) is 25.7 Å². The Morgan fingerprint density at radius 2 is 2.00 bits per heavy atom. The highest BCUT2D eigenvalue weighted by molar-refractivity contribution is 7.98. The van der Waals surface area contributed by atoms with Crippen molar-refractivity contribution >= 4 is 23.4 Å². The maximum atomic E-state index is 5.80. The van der Waals surface area contributed by atoms with Crippen molar-refractivity contribution in [2.75, 3.05) is 6.26 Å². The van der Waals surface area contributed by atoms with Crippen LogP contribution in [0.2, 0.25) is 5.15 Å². The van der Waals surface area contributed by atoms with Gasteiger partial charge in [0, 0.05) is 11.1 Å². The molecule has 1 nitrogen and oxygen atoms in total. The fourth-order valence-electron chi connectivity index (χ4n) is 0.757. The number of hydrogen-bond acceptors (Lipinski definition) is 2. The lowest BCUT2D eigenvalue weighted by molar-refractivity contribution is 1.18. The van der Waals surface area contributed by atoms with E-state index in [1.165, 1.54) is 5.56 Å². The number of aromatic nitrogens is 1. The molecule has 0 saturated carbocycles. The minimum Gasteiger partial charge on any atom is -0.243 e. The van der Waals surface area contributed by atoms with Crippen LogP contribution in [0.1, 0.15) is 19.4 Å². The van der Waals surface area contributed by atoms with E-state index in [4.69, 9.17) is 11.6 Å². The topological polar surface area (TPSA) is 12.9 Å². The summed E-state index contributed by atoms with van der Waals surface area (Å²) in [7, 11) is 0. The van der Waals surface area contributed by atoms with Crippen molar-refractivity contribution < 1.29 is 0 Å². The number of halogens is 1. The normalized spacial score (nSPS) is 8.75. The molecule has 68 valence electrons. The molecular formula is C9H14ClNS. The molecule has 0 fully saturated rings. The van der Waals surface area contributed by atoms with Gasteiger partial charge in [0.2, 0.25) is 0 Å². The lowest BCUT2D eigenvalue weighted by Gasteiger charge is -2.01. The average molecular weight is 204 g/mol. The van der Waals surface area contributed by atoms with Crippen LogP contribution >= 0.6 is 23.4 Å². The molecule has 1 heterocycles. The number of hydrogen-bond donors (Lipinski definition) is 0. The smallest absolute Gasteiger partial charge is 0.142 e. The van der Waals surface area contributed by atoms with Crippen LogP contribution in [0.15, 0.2) is 17.2 Å². The van der Waals surface area contributed by atoms with Gasteiger partial charge in [0.25, 0.3) is 0 Å². The van der Waals surface area contributed by atoms with E-state index >= 15 is 0 Å². The predicted molar refractivity (Wildman–Crippen MR) is 57.1 cm³/mol. The van der Waals surface area contributed by atoms with E-state index in [-0.39, 0.29) is 0 Å². The highest BCUT2D eigenvalue weighted by Crippen LogP contribution is 2.25. The van der Waals surface area contributed by atoms with Gasteiger partial charge in [-0.3, -0.25) is 0 Å². The average Bonchev–Trinajstić information content (AvgIpc) is 2.08. The number of nitrogens with zero attached hydrogens (tertiary/aromatic N) is 1. The summed E-state index contributed by atoms with van der Waals surface area (Å²) in [4.78, 5) is 5.03. The number of aryl methyl sites for hydroxylation is 1. The molecule has 0 aliphatic heterocycles. The third kappa shape index (κ3) is 3.03. The Bertz CT molecular complexity index is 218. The van der Waals surface area contributed by atoms with Crippen LogP contribution in [-0.2, 0) is 0 Å². The minimum absolute atomic E-state index is 0.604. The molecule has 1 rings (SSSR count). The molecule has 0 atom stereocenters. The molecule has 1 aromatic heterocycles. The first-order valence-electron chi connectivity index (χ1n) is 3.91. The Balaban J connectivity index is 0.000000561. The van der Waals surface area contributed by atoms with Crippen LogP contribution < -0.4 is 0 Å². The summed E-state index contributed by atoms with van der Waals surface area (Å²) in [6.07, 6.45) is 3.72. The summed E-state index contributed by atoms with van der Waals surface area (Å²) in [5, 5.41) is 0.604. The van der Waals surface area contributed by atoms with Crippen LogP contribution in [0.5, 0.6) is 0 Å². The van der Waals surface area contributed by atoms with E-state index in [2.05, 4.69) is 4.98 Å². The van der Waals surface area contributed by atoms with E-state index in [1.807, 2.05) is 33.1 Å². The van der Waals surface area contributed by atoms with Crippen molar-refractivity contribution in [2.24, 2.45) is 0 Å². The van der Waals surface area contributed by atoms with Crippen molar-refractivity contribution in [3.8, 4) is 0 Å². The summed E-state index contributed by atoms with van der Waals surface area (Å²) in [6.45, 7) is 6.03. The molecule has 0 N–H and O–H groups in total. The van der Waals surface area contributed by atoms with E-state index < -0.39 is 0 Å². The number of thioether (sulfide) groups is 1. The second-order valence-corrected chi connectivity index (χ2v) is 3.13. The zero-order chi connectivity index (χ0) is 9.56. The molecule has 3 heteroatoms. The maximum absolute atomic E-state index is 5.80. The van der Waals surface area contributed by atoms with Crippen LogP contribution in [0, 0.1) is 6.92 Å². The number of rotatable bonds is 1. The summed E-state index contributed by atoms with van der Waals surface area (Å²) < 4.78 is 0. The van der Waals surface area contributed by atoms with Crippen molar-refractivity contribution in [3.63, 3.8) is 0 Å². The Morgan fingerprint density at radius 3 is 2.33 bits per heavy atom. The molecule has 0 aliphatic carbocycles. The Labute approximate surface area is 83.5 Å². The predicted octanol–water partition coefficient (Wildman–Crippen LogP) is 3.79. The maximum Gasteiger partial charge on any atom is 0.142 e. The molecule has 0 saturated heterocycles. The monoisotopic (exact) mass is 203 g/mol. The van der Waals surface area contributed by atoms with Gasteiger partial charge in [-0.05, 0) is 24.8 Å². The van der Waals surface area contributed by atoms with Gasteiger partial charge in [-0.25, -0.2) is 4.98 Å². The fraction of sp³-hybridized carbons (Fsp3) is 0.444. The fourth-order valence-corrected chi connectivity index (χ4v) is 1.80. The van der Waals surface area contributed by atoms with E-state index in [0.29, 0.717) is 5.15 Å². The van der Waals surface area contributed by atoms with E-state index in [1.54, 1.807) is 18.0 Å². The second-order valence-electron chi connectivity index (χ2n) is 1.95. The van der Waals surface area contributed by atoms with Gasteiger partial charge in [-0.2, -0.15) is 0 Å². The summed E-state index contributed by atoms with van der Waals surface area (Å²) >= 11 is 7.43. The highest BCUT2D eigenvalue weighted by atomic mass is 35.5. The van der Waals surface area contributed by atoms with Gasteiger partial charge in [-0.1, -0.05) is 25.4 Å². The van der Waals surface area contributed by atoms with Crippen LogP contribution in [-0.4, -0.2) is 11.2 Å². The second kappa shape index (κ2) is 6.32. The SMILES string of the molecule is CC.CSc1c(C)ccnc1Cl. The first kappa shape index (κ1) is 11.8. The van der Waals surface area contributed by atoms with Gasteiger partial charge in [0.1, 0.15) is 5.15 Å². The van der Waals surface area contributed by atoms with E-state index in [0.717, 1.165) is 4.90 Å². The molecule has 0 amide bonds. The minimum atomic E-state index is 0.604. The van der Waals surface area contributed by atoms with Crippen molar-refractivity contribution in [1.29, 1.82) is 0 Å². The zero-order valence-corrected chi connectivity index (χ0v) is 9.46. The summed E-state index contributed by atoms with van der Waals surface area (Å²) in [5.41, 5.74) is 1.19. The molecule has 0 aliphatic rings. The van der Waals surface area contributed by atoms with Gasteiger partial charge >= 0.3 is 0 Å². The first-order valence-corrected chi connectivity index (χ1v) is 5.51. The van der Waals surface area contributed by atoms with Gasteiger partial charge in [-0.15, -0.1) is 11.8 Å². The largest absolute Gasteiger partial charge is 0.243 e. The Hall–Kier alpha value is -0.210. The molecule has 0 bridgehead atoms. The van der Waals surface area contributed by atoms with E-state index in [9.17, 15) is 0 Å². The highest BCUT2D eigenvalue weighted by Gasteiger charge is 2.00. The van der Waals surface area contributed by atoms with Gasteiger partial charge in [0.05, 0.1) is 0 Å². The summed E-state index contributed by atoms with van der Waals surface area (Å²) in [5.74, 6) is 0. The molecular weight excluding hydrogens is 190 g/mol. The zero-order valence-electron chi connectivity index (χ0n) is 7.89. The molecule has 0 unspecified atom stereocenters. The van der Waals surface area contributed by atoms with Crippen molar-refractivity contribution in [3.05, 3.63) is 23.0 Å². The lowest BCUT2D eigenvalue weighted by atomic mass is 10.3. The van der Waals surface area contributed by atoms with Crippen LogP contribution in [0.3, 0.4) is 0 Å². The molecule has 1 aromatic rings. The van der Waals surface area contributed by atoms with Crippen molar-refractivity contribution in [1.82, 2.24) is 4.98 Å². The summed E-state index contributed by atoms with van der Waals surface area (Å²) in [6, 6.07) is 1.96. The Kier molecular flexibility index (Phi) is 6.21. The third-order valence-electron chi connectivity index (χ3n) is 1.26. The molecule has 0 aromatic carbocycles. The Morgan fingerprint density at radius 1 is 1.42 bits per heavy atom. The number of pyridine rings is 1. The standard InChI is InChI=1S/C7H8ClNS.C2H6/c1-5-3-4-9-7(8)6(5)10-2;1-2/h3-4H,1-2H3;1-2H3. The molecule has 0 spiro atoms. The van der Waals surface area contributed by atoms with Gasteiger partial charge < -0.3 is 0 Å². The van der Waals surface area contributed by atoms with Crippen LogP contribution in [0.25, 0.3) is 0 Å². The molecule has 12 heavy (non-hydrogen) atoms. The third-order valence-corrected chi connectivity index (χ3v) is 2.58. The molecule has 0 radical (unpaired) electrons. The van der Waals surface area contributed by atoms with Gasteiger partial charge in [0.15, 0.2) is 0 Å². The first-order chi connectivity index (χ1) is 5.75. The van der Waals surface area contributed by atoms with Crippen LogP contribution in [0.4, 0.5) is 0 Å². The quantitative estimate of drug-likeness (QED) is 0.509. The lowest BCUT2D eigenvalue weighted by Crippen LogP contribution is -1.82.